The van der Waals surface area contributed by atoms with Crippen LogP contribution in [0.2, 0.25) is 0 Å². The van der Waals surface area contributed by atoms with Gasteiger partial charge in [-0.2, -0.15) is 0 Å². The normalized spacial score (nSPS) is 13.3. The van der Waals surface area contributed by atoms with Crippen LogP contribution in [0, 0.1) is 30.6 Å². The van der Waals surface area contributed by atoms with Gasteiger partial charge in [0.1, 0.15) is 0 Å². The number of methoxy groups -OCH3 is 3. The van der Waals surface area contributed by atoms with Crippen LogP contribution in [-0.2, 0) is 53.1 Å². The summed E-state index contributed by atoms with van der Waals surface area (Å²) < 4.78 is 65.7. The molecule has 2 rings (SSSR count). The molecule has 0 aliphatic heterocycles. The summed E-state index contributed by atoms with van der Waals surface area (Å²) in [5.41, 5.74) is 1.74. The minimum atomic E-state index is -3.89. The van der Waals surface area contributed by atoms with E-state index in [2.05, 4.69) is 16.0 Å². The van der Waals surface area contributed by atoms with Crippen LogP contribution in [0.1, 0.15) is 72.7 Å². The van der Waals surface area contributed by atoms with E-state index in [1.165, 1.54) is 45.6 Å². The standard InChI is InChI=1S/C42H61N3O13S2/c1-28(2)39(37(47)24-30(4)41(50)44-35-15-8-29(3)9-16-35)45-38(48)17-14-33(42(51)43-18-19-56-5)25-36(46)31-10-12-32(13-11-31)40(49)34(26-59(52,53)22-20-57-6)27-60(54,55)23-21-58-7/h8-13,15-16,28,30,33-34,39H,14,17-27H2,1-7H3,(H,43,51)(H,44,50)(H,45,48)/t30-,33-,39+/m1/s1. The summed E-state index contributed by atoms with van der Waals surface area (Å²) in [6.45, 7) is 7.15. The minimum Gasteiger partial charge on any atom is -0.384 e. The van der Waals surface area contributed by atoms with Crippen LogP contribution in [0.25, 0.3) is 0 Å². The number of ether oxygens (including phenoxy) is 3. The maximum Gasteiger partial charge on any atom is 0.227 e. The largest absolute Gasteiger partial charge is 0.384 e. The van der Waals surface area contributed by atoms with E-state index >= 15 is 0 Å². The Balaban J connectivity index is 2.18. The zero-order valence-electron chi connectivity index (χ0n) is 35.6. The van der Waals surface area contributed by atoms with Gasteiger partial charge in [0.2, 0.25) is 17.7 Å². The van der Waals surface area contributed by atoms with Crippen molar-refractivity contribution in [2.24, 2.45) is 23.7 Å². The average molecular weight is 880 g/mol. The molecule has 18 heteroatoms. The molecule has 0 aromatic heterocycles. The van der Waals surface area contributed by atoms with Crippen molar-refractivity contribution in [1.82, 2.24) is 10.6 Å². The Labute approximate surface area is 354 Å². The summed E-state index contributed by atoms with van der Waals surface area (Å²) in [7, 11) is -3.69. The molecule has 3 amide bonds. The lowest BCUT2D eigenvalue weighted by atomic mass is 9.91. The molecule has 0 fully saturated rings. The zero-order valence-corrected chi connectivity index (χ0v) is 37.2. The number of Topliss-reactive ketones (excluding diaryl/α,β-unsaturated/α-hetero) is 3. The van der Waals surface area contributed by atoms with Gasteiger partial charge in [-0.25, -0.2) is 16.8 Å². The number of hydrogen-bond acceptors (Lipinski definition) is 13. The van der Waals surface area contributed by atoms with Gasteiger partial charge in [-0.3, -0.25) is 28.8 Å². The number of nitrogens with one attached hydrogen (secondary N) is 3. The van der Waals surface area contributed by atoms with Gasteiger partial charge in [0.05, 0.1) is 54.8 Å². The fourth-order valence-electron chi connectivity index (χ4n) is 6.14. The number of anilines is 1. The predicted molar refractivity (Wildman–Crippen MR) is 227 cm³/mol. The molecule has 0 heterocycles. The summed E-state index contributed by atoms with van der Waals surface area (Å²) in [6, 6.07) is 11.6. The quantitative estimate of drug-likeness (QED) is 0.0789. The van der Waals surface area contributed by atoms with E-state index in [4.69, 9.17) is 14.2 Å². The molecule has 16 nitrogen and oxygen atoms in total. The van der Waals surface area contributed by atoms with Gasteiger partial charge in [0, 0.05) is 75.8 Å². The average Bonchev–Trinajstić information content (AvgIpc) is 3.19. The molecule has 3 atom stereocenters. The molecule has 0 bridgehead atoms. The lowest BCUT2D eigenvalue weighted by molar-refractivity contribution is -0.131. The molecule has 0 saturated carbocycles. The number of hydrogen-bond donors (Lipinski definition) is 3. The molecule has 0 radical (unpaired) electrons. The summed E-state index contributed by atoms with van der Waals surface area (Å²) >= 11 is 0. The summed E-state index contributed by atoms with van der Waals surface area (Å²) in [5, 5.41) is 8.24. The van der Waals surface area contributed by atoms with Crippen molar-refractivity contribution in [3.8, 4) is 0 Å². The van der Waals surface area contributed by atoms with E-state index in [0.29, 0.717) is 5.69 Å². The number of amides is 3. The Bertz CT molecular complexity index is 1930. The molecule has 0 spiro atoms. The second kappa shape index (κ2) is 25.4. The Morgan fingerprint density at radius 2 is 1.20 bits per heavy atom. The van der Waals surface area contributed by atoms with E-state index < -0.39 is 89.9 Å². The van der Waals surface area contributed by atoms with E-state index in [0.717, 1.165) is 5.56 Å². The minimum absolute atomic E-state index is 0.0125. The highest BCUT2D eigenvalue weighted by Crippen LogP contribution is 2.21. The molecular formula is C42H61N3O13S2. The highest BCUT2D eigenvalue weighted by molar-refractivity contribution is 7.92. The van der Waals surface area contributed by atoms with Crippen molar-refractivity contribution in [3.63, 3.8) is 0 Å². The number of sulfone groups is 2. The van der Waals surface area contributed by atoms with E-state index in [1.807, 2.05) is 19.1 Å². The first-order valence-corrected chi connectivity index (χ1v) is 23.4. The summed E-state index contributed by atoms with van der Waals surface area (Å²) in [4.78, 5) is 79.7. The first-order chi connectivity index (χ1) is 28.2. The van der Waals surface area contributed by atoms with Crippen LogP contribution in [0.15, 0.2) is 48.5 Å². The molecule has 0 saturated heterocycles. The van der Waals surface area contributed by atoms with Crippen LogP contribution in [0.3, 0.4) is 0 Å². The van der Waals surface area contributed by atoms with Gasteiger partial charge in [-0.05, 0) is 31.4 Å². The monoisotopic (exact) mass is 879 g/mol. The highest BCUT2D eigenvalue weighted by Gasteiger charge is 2.32. The first kappa shape index (κ1) is 51.8. The molecule has 0 aliphatic carbocycles. The number of benzene rings is 2. The second-order valence-corrected chi connectivity index (χ2v) is 19.7. The molecule has 60 heavy (non-hydrogen) atoms. The molecule has 334 valence electrons. The van der Waals surface area contributed by atoms with Crippen molar-refractivity contribution in [3.05, 3.63) is 65.2 Å². The number of carbonyl (C=O) groups is 6. The van der Waals surface area contributed by atoms with Crippen molar-refractivity contribution in [1.29, 1.82) is 0 Å². The molecule has 0 unspecified atom stereocenters. The Morgan fingerprint density at radius 1 is 0.667 bits per heavy atom. The van der Waals surface area contributed by atoms with Crippen molar-refractivity contribution < 1.29 is 59.8 Å². The van der Waals surface area contributed by atoms with Gasteiger partial charge >= 0.3 is 0 Å². The van der Waals surface area contributed by atoms with Crippen LogP contribution < -0.4 is 16.0 Å². The smallest absolute Gasteiger partial charge is 0.227 e. The van der Waals surface area contributed by atoms with E-state index in [9.17, 15) is 45.6 Å². The Morgan fingerprint density at radius 3 is 1.72 bits per heavy atom. The predicted octanol–water partition coefficient (Wildman–Crippen LogP) is 3.02. The van der Waals surface area contributed by atoms with Crippen molar-refractivity contribution >= 4 is 60.4 Å². The maximum atomic E-state index is 13.6. The SMILES string of the molecule is COCCNC(=O)[C@H](CCC(=O)N[C@H](C(=O)C[C@@H](C)C(=O)Nc1ccc(C)cc1)C(C)C)CC(=O)c1ccc(C(=O)C(CS(=O)(=O)CCOC)CS(=O)(=O)CCOC)cc1. The van der Waals surface area contributed by atoms with Crippen molar-refractivity contribution in [2.75, 3.05) is 76.0 Å². The molecular weight excluding hydrogens is 819 g/mol. The van der Waals surface area contributed by atoms with Gasteiger partial charge in [-0.1, -0.05) is 62.7 Å². The lowest BCUT2D eigenvalue weighted by Crippen LogP contribution is -2.45. The van der Waals surface area contributed by atoms with Crippen LogP contribution in [0.4, 0.5) is 5.69 Å². The zero-order chi connectivity index (χ0) is 45.0. The maximum absolute atomic E-state index is 13.6. The van der Waals surface area contributed by atoms with E-state index in [1.54, 1.807) is 32.9 Å². The first-order valence-electron chi connectivity index (χ1n) is 19.7. The molecule has 3 N–H and O–H groups in total. The number of aryl methyl sites for hydroxylation is 1. The Kier molecular flexibility index (Phi) is 21.9. The lowest BCUT2D eigenvalue weighted by Gasteiger charge is -2.23. The number of carbonyl (C=O) groups excluding carboxylic acids is 6. The molecule has 0 aliphatic rings. The number of rotatable bonds is 29. The van der Waals surface area contributed by atoms with Crippen LogP contribution >= 0.6 is 0 Å². The van der Waals surface area contributed by atoms with Gasteiger partial charge in [-0.15, -0.1) is 0 Å². The van der Waals surface area contributed by atoms with Gasteiger partial charge in [0.15, 0.2) is 37.0 Å². The highest BCUT2D eigenvalue weighted by atomic mass is 32.2. The Hall–Kier alpha value is -4.36. The second-order valence-electron chi connectivity index (χ2n) is 15.2. The topological polar surface area (TPSA) is 234 Å². The molecule has 2 aromatic rings. The fraction of sp³-hybridized carbons (Fsp3) is 0.571. The number of ketones is 3. The van der Waals surface area contributed by atoms with E-state index in [-0.39, 0.29) is 80.8 Å². The summed E-state index contributed by atoms with van der Waals surface area (Å²) in [6.07, 6.45) is -0.702. The van der Waals surface area contributed by atoms with Gasteiger partial charge in [0.25, 0.3) is 0 Å². The van der Waals surface area contributed by atoms with Gasteiger partial charge < -0.3 is 30.2 Å². The third kappa shape index (κ3) is 18.5. The molecule has 2 aromatic carbocycles. The van der Waals surface area contributed by atoms with Crippen LogP contribution in [0.5, 0.6) is 0 Å². The summed E-state index contributed by atoms with van der Waals surface area (Å²) in [5.74, 6) is -8.60. The van der Waals surface area contributed by atoms with Crippen molar-refractivity contribution in [2.45, 2.75) is 59.4 Å². The fourth-order valence-corrected chi connectivity index (χ4v) is 9.23. The third-order valence-electron chi connectivity index (χ3n) is 9.70. The third-order valence-corrected chi connectivity index (χ3v) is 13.1. The van der Waals surface area contributed by atoms with Crippen LogP contribution in [-0.4, -0.2) is 129 Å².